The third-order valence-corrected chi connectivity index (χ3v) is 7.00. The molecule has 1 saturated heterocycles. The Hall–Kier alpha value is -3.38. The van der Waals surface area contributed by atoms with Crippen LogP contribution in [-0.2, 0) is 6.54 Å². The summed E-state index contributed by atoms with van der Waals surface area (Å²) < 4.78 is 7.39. The Morgan fingerprint density at radius 1 is 1.06 bits per heavy atom. The van der Waals surface area contributed by atoms with E-state index in [1.165, 1.54) is 17.5 Å². The van der Waals surface area contributed by atoms with Gasteiger partial charge in [0.25, 0.3) is 0 Å². The van der Waals surface area contributed by atoms with E-state index in [1.807, 2.05) is 35.0 Å². The molecule has 2 aliphatic heterocycles. The van der Waals surface area contributed by atoms with E-state index in [1.54, 1.807) is 7.11 Å². The molecule has 6 nitrogen and oxygen atoms in total. The van der Waals surface area contributed by atoms with Crippen LogP contribution in [0.5, 0.6) is 5.75 Å². The maximum atomic E-state index is 5.41. The van der Waals surface area contributed by atoms with Gasteiger partial charge in [0.05, 0.1) is 29.5 Å². The van der Waals surface area contributed by atoms with Gasteiger partial charge in [-0.2, -0.15) is 5.10 Å². The second-order valence-electron chi connectivity index (χ2n) is 9.00. The molecular weight excluding hydrogens is 398 g/mol. The van der Waals surface area contributed by atoms with Crippen LogP contribution in [0, 0.1) is 6.92 Å². The highest BCUT2D eigenvalue weighted by molar-refractivity contribution is 5.99. The number of nitrogens with one attached hydrogen (secondary N) is 1. The molecule has 6 rings (SSSR count). The molecule has 2 aromatic carbocycles. The van der Waals surface area contributed by atoms with Crippen molar-refractivity contribution in [3.8, 4) is 22.6 Å². The number of fused-ring (bicyclic) bond motifs is 3. The van der Waals surface area contributed by atoms with Crippen LogP contribution in [0.4, 0.5) is 5.82 Å². The molecule has 0 saturated carbocycles. The van der Waals surface area contributed by atoms with E-state index in [9.17, 15) is 0 Å². The van der Waals surface area contributed by atoms with Gasteiger partial charge in [-0.15, -0.1) is 0 Å². The van der Waals surface area contributed by atoms with Gasteiger partial charge in [-0.25, -0.2) is 9.67 Å². The van der Waals surface area contributed by atoms with Crippen LogP contribution in [0.1, 0.15) is 31.0 Å². The Balaban J connectivity index is 1.65. The highest BCUT2D eigenvalue weighted by Crippen LogP contribution is 2.44. The fourth-order valence-electron chi connectivity index (χ4n) is 5.30. The van der Waals surface area contributed by atoms with E-state index in [0.29, 0.717) is 0 Å². The highest BCUT2D eigenvalue weighted by atomic mass is 16.5. The molecule has 0 amide bonds. The van der Waals surface area contributed by atoms with Gasteiger partial charge in [0.15, 0.2) is 5.65 Å². The lowest BCUT2D eigenvalue weighted by Crippen LogP contribution is -2.50. The smallest absolute Gasteiger partial charge is 0.166 e. The first-order chi connectivity index (χ1) is 15.6. The first-order valence-electron chi connectivity index (χ1n) is 11.2. The van der Waals surface area contributed by atoms with Crippen molar-refractivity contribution in [2.75, 3.05) is 19.0 Å². The number of rotatable bonds is 3. The Morgan fingerprint density at radius 2 is 1.84 bits per heavy atom. The van der Waals surface area contributed by atoms with Crippen LogP contribution in [0.25, 0.3) is 27.8 Å². The second kappa shape index (κ2) is 7.07. The third-order valence-electron chi connectivity index (χ3n) is 7.00. The van der Waals surface area contributed by atoms with Gasteiger partial charge in [0.2, 0.25) is 0 Å². The van der Waals surface area contributed by atoms with Crippen LogP contribution >= 0.6 is 0 Å². The summed E-state index contributed by atoms with van der Waals surface area (Å²) >= 11 is 0. The number of benzene rings is 2. The summed E-state index contributed by atoms with van der Waals surface area (Å²) in [6.45, 7) is 6.37. The molecule has 2 aromatic heterocycles. The molecule has 0 bridgehead atoms. The number of methoxy groups -OCH3 is 1. The van der Waals surface area contributed by atoms with Crippen LogP contribution < -0.4 is 10.1 Å². The summed E-state index contributed by atoms with van der Waals surface area (Å²) in [5.41, 5.74) is 6.47. The van der Waals surface area contributed by atoms with Crippen molar-refractivity contribution in [3.63, 3.8) is 0 Å². The zero-order valence-corrected chi connectivity index (χ0v) is 18.7. The molecule has 4 heterocycles. The number of aromatic nitrogens is 3. The molecule has 32 heavy (non-hydrogen) atoms. The van der Waals surface area contributed by atoms with Crippen molar-refractivity contribution in [1.82, 2.24) is 19.7 Å². The number of nitrogens with zero attached hydrogens (tertiary/aromatic N) is 4. The Morgan fingerprint density at radius 3 is 2.59 bits per heavy atom. The number of hydrogen-bond donors (Lipinski definition) is 1. The lowest BCUT2D eigenvalue weighted by Gasteiger charge is -2.42. The van der Waals surface area contributed by atoms with Crippen molar-refractivity contribution in [2.45, 2.75) is 38.9 Å². The third kappa shape index (κ3) is 2.83. The summed E-state index contributed by atoms with van der Waals surface area (Å²) in [7, 11) is 1.70. The molecule has 1 fully saturated rings. The number of aryl methyl sites for hydroxylation is 1. The minimum atomic E-state index is -0.0441. The fraction of sp³-hybridized carbons (Fsp3) is 0.308. The lowest BCUT2D eigenvalue weighted by atomic mass is 9.93. The SMILES string of the molecule is COc1ccc(-c2c3c(nc4c2c(C)nn4-c2ccccc2)NC2(C)CCCN2C3)cc1. The van der Waals surface area contributed by atoms with Crippen molar-refractivity contribution >= 4 is 16.9 Å². The number of para-hydroxylation sites is 1. The van der Waals surface area contributed by atoms with Gasteiger partial charge in [0, 0.05) is 24.2 Å². The van der Waals surface area contributed by atoms with Crippen molar-refractivity contribution in [1.29, 1.82) is 0 Å². The number of anilines is 1. The van der Waals surface area contributed by atoms with E-state index < -0.39 is 0 Å². The largest absolute Gasteiger partial charge is 0.497 e. The first-order valence-corrected chi connectivity index (χ1v) is 11.2. The predicted octanol–water partition coefficient (Wildman–Crippen LogP) is 5.14. The molecule has 0 aliphatic carbocycles. The summed E-state index contributed by atoms with van der Waals surface area (Å²) in [5.74, 6) is 1.83. The molecule has 2 aliphatic rings. The molecule has 6 heteroatoms. The number of ether oxygens (including phenoxy) is 1. The Kier molecular flexibility index (Phi) is 4.27. The summed E-state index contributed by atoms with van der Waals surface area (Å²) in [4.78, 5) is 7.72. The lowest BCUT2D eigenvalue weighted by molar-refractivity contribution is 0.165. The average molecular weight is 426 g/mol. The molecule has 4 aromatic rings. The van der Waals surface area contributed by atoms with E-state index in [4.69, 9.17) is 14.8 Å². The van der Waals surface area contributed by atoms with E-state index in [0.717, 1.165) is 59.1 Å². The molecule has 1 atom stereocenters. The van der Waals surface area contributed by atoms with Gasteiger partial charge in [-0.3, -0.25) is 4.90 Å². The van der Waals surface area contributed by atoms with Crippen LogP contribution in [0.3, 0.4) is 0 Å². The predicted molar refractivity (Wildman–Crippen MR) is 127 cm³/mol. The van der Waals surface area contributed by atoms with Gasteiger partial charge in [0.1, 0.15) is 11.6 Å². The van der Waals surface area contributed by atoms with Gasteiger partial charge < -0.3 is 10.1 Å². The van der Waals surface area contributed by atoms with Gasteiger partial charge in [-0.1, -0.05) is 30.3 Å². The van der Waals surface area contributed by atoms with Crippen molar-refractivity contribution in [3.05, 3.63) is 65.9 Å². The Bertz CT molecular complexity index is 1310. The standard InChI is InChI=1S/C26H27N5O/c1-17-22-23(18-10-12-20(32-3)13-11-18)21-16-30-15-7-14-26(30,2)28-24(21)27-25(22)31(29-17)19-8-5-4-6-9-19/h4-6,8-13H,7,14-16H2,1-3H3,(H,27,28). The van der Waals surface area contributed by atoms with Crippen molar-refractivity contribution < 1.29 is 4.74 Å². The highest BCUT2D eigenvalue weighted by Gasteiger charge is 2.42. The molecular formula is C26H27N5O. The minimum absolute atomic E-state index is 0.0441. The van der Waals surface area contributed by atoms with Crippen molar-refractivity contribution in [2.24, 2.45) is 0 Å². The fourth-order valence-corrected chi connectivity index (χ4v) is 5.30. The van der Waals surface area contributed by atoms with E-state index in [-0.39, 0.29) is 5.66 Å². The Labute approximate surface area is 187 Å². The quantitative estimate of drug-likeness (QED) is 0.492. The molecule has 0 spiro atoms. The van der Waals surface area contributed by atoms with Gasteiger partial charge in [-0.05, 0) is 56.5 Å². The molecule has 1 N–H and O–H groups in total. The van der Waals surface area contributed by atoms with E-state index >= 15 is 0 Å². The molecule has 162 valence electrons. The summed E-state index contributed by atoms with van der Waals surface area (Å²) in [6.07, 6.45) is 2.33. The topological polar surface area (TPSA) is 55.2 Å². The zero-order chi connectivity index (χ0) is 21.9. The average Bonchev–Trinajstić information content (AvgIpc) is 3.35. The molecule has 1 unspecified atom stereocenters. The van der Waals surface area contributed by atoms with Crippen LogP contribution in [0.2, 0.25) is 0 Å². The minimum Gasteiger partial charge on any atom is -0.497 e. The van der Waals surface area contributed by atoms with Crippen LogP contribution in [-0.4, -0.2) is 39.0 Å². The van der Waals surface area contributed by atoms with E-state index in [2.05, 4.69) is 48.3 Å². The summed E-state index contributed by atoms with van der Waals surface area (Å²) in [6, 6.07) is 18.6. The zero-order valence-electron chi connectivity index (χ0n) is 18.7. The first kappa shape index (κ1) is 19.3. The monoisotopic (exact) mass is 425 g/mol. The molecule has 0 radical (unpaired) electrons. The second-order valence-corrected chi connectivity index (χ2v) is 9.00. The summed E-state index contributed by atoms with van der Waals surface area (Å²) in [5, 5.41) is 9.84. The maximum Gasteiger partial charge on any atom is 0.166 e. The normalized spacial score (nSPS) is 20.1. The van der Waals surface area contributed by atoms with Crippen LogP contribution in [0.15, 0.2) is 54.6 Å². The maximum absolute atomic E-state index is 5.41. The number of pyridine rings is 1. The number of hydrogen-bond acceptors (Lipinski definition) is 5. The van der Waals surface area contributed by atoms with Gasteiger partial charge >= 0.3 is 0 Å².